The SMILES string of the molecule is O=C(O)CC(NC(=O)c1cc(=O)n(-c2ccccc2F)[nH]1)c1ccc(-c2ccccc2F)cc1. The summed E-state index contributed by atoms with van der Waals surface area (Å²) in [6.45, 7) is 0. The van der Waals surface area contributed by atoms with E-state index in [1.807, 2.05) is 0 Å². The third-order valence-electron chi connectivity index (χ3n) is 5.24. The molecule has 0 aliphatic rings. The number of aromatic nitrogens is 2. The number of carbonyl (C=O) groups is 2. The Morgan fingerprint density at radius 1 is 0.941 bits per heavy atom. The van der Waals surface area contributed by atoms with Crippen molar-refractivity contribution in [3.8, 4) is 16.8 Å². The van der Waals surface area contributed by atoms with Crippen LogP contribution in [-0.4, -0.2) is 26.8 Å². The Hall–Kier alpha value is -4.53. The molecule has 1 aromatic heterocycles. The fourth-order valence-corrected chi connectivity index (χ4v) is 3.58. The summed E-state index contributed by atoms with van der Waals surface area (Å²) in [6, 6.07) is 18.3. The molecule has 9 heteroatoms. The largest absolute Gasteiger partial charge is 0.481 e. The fourth-order valence-electron chi connectivity index (χ4n) is 3.58. The van der Waals surface area contributed by atoms with Crippen molar-refractivity contribution in [2.75, 3.05) is 0 Å². The molecule has 0 saturated carbocycles. The highest BCUT2D eigenvalue weighted by Crippen LogP contribution is 2.25. The van der Waals surface area contributed by atoms with E-state index in [1.54, 1.807) is 48.5 Å². The van der Waals surface area contributed by atoms with Crippen LogP contribution in [0.5, 0.6) is 0 Å². The summed E-state index contributed by atoms with van der Waals surface area (Å²) in [4.78, 5) is 36.5. The zero-order valence-corrected chi connectivity index (χ0v) is 17.7. The first-order valence-electron chi connectivity index (χ1n) is 10.3. The molecule has 0 aliphatic heterocycles. The number of benzene rings is 3. The van der Waals surface area contributed by atoms with Gasteiger partial charge in [0.25, 0.3) is 11.5 Å². The number of carbonyl (C=O) groups excluding carboxylic acids is 1. The Balaban J connectivity index is 1.59. The molecule has 1 atom stereocenters. The number of H-pyrrole nitrogens is 1. The maximum atomic E-state index is 14.1. The molecule has 1 unspecified atom stereocenters. The fraction of sp³-hybridized carbons (Fsp3) is 0.0800. The van der Waals surface area contributed by atoms with Gasteiger partial charge in [-0.3, -0.25) is 19.5 Å². The van der Waals surface area contributed by atoms with Crippen LogP contribution in [0.25, 0.3) is 16.8 Å². The van der Waals surface area contributed by atoms with Crippen LogP contribution in [-0.2, 0) is 4.79 Å². The number of amides is 1. The summed E-state index contributed by atoms with van der Waals surface area (Å²) in [5.74, 6) is -2.94. The van der Waals surface area contributed by atoms with Crippen molar-refractivity contribution < 1.29 is 23.5 Å². The monoisotopic (exact) mass is 463 g/mol. The highest BCUT2D eigenvalue weighted by molar-refractivity contribution is 5.92. The maximum absolute atomic E-state index is 14.1. The lowest BCUT2D eigenvalue weighted by molar-refractivity contribution is -0.137. The number of para-hydroxylation sites is 1. The van der Waals surface area contributed by atoms with Gasteiger partial charge in [0.1, 0.15) is 23.0 Å². The molecule has 7 nitrogen and oxygen atoms in total. The zero-order chi connectivity index (χ0) is 24.2. The summed E-state index contributed by atoms with van der Waals surface area (Å²) < 4.78 is 29.0. The predicted molar refractivity (Wildman–Crippen MR) is 121 cm³/mol. The van der Waals surface area contributed by atoms with Crippen LogP contribution in [0, 0.1) is 11.6 Å². The van der Waals surface area contributed by atoms with Gasteiger partial charge in [0.15, 0.2) is 0 Å². The Morgan fingerprint density at radius 2 is 1.59 bits per heavy atom. The molecule has 3 N–H and O–H groups in total. The minimum Gasteiger partial charge on any atom is -0.481 e. The first-order valence-corrected chi connectivity index (χ1v) is 10.3. The third-order valence-corrected chi connectivity index (χ3v) is 5.24. The van der Waals surface area contributed by atoms with Crippen molar-refractivity contribution in [1.82, 2.24) is 15.1 Å². The first-order chi connectivity index (χ1) is 16.3. The van der Waals surface area contributed by atoms with Crippen LogP contribution in [0.1, 0.15) is 28.5 Å². The average Bonchev–Trinajstić information content (AvgIpc) is 3.20. The molecular formula is C25H19F2N3O4. The van der Waals surface area contributed by atoms with E-state index in [9.17, 15) is 28.3 Å². The number of nitrogens with one attached hydrogen (secondary N) is 2. The molecule has 3 aromatic carbocycles. The number of carboxylic acid groups (broad SMARTS) is 1. The lowest BCUT2D eigenvalue weighted by Crippen LogP contribution is -2.30. The normalized spacial score (nSPS) is 11.7. The van der Waals surface area contributed by atoms with E-state index in [0.29, 0.717) is 16.7 Å². The minimum absolute atomic E-state index is 0.0580. The van der Waals surface area contributed by atoms with Crippen LogP contribution in [0.4, 0.5) is 8.78 Å². The van der Waals surface area contributed by atoms with Crippen molar-refractivity contribution in [3.63, 3.8) is 0 Å². The lowest BCUT2D eigenvalue weighted by Gasteiger charge is -2.17. The average molecular weight is 463 g/mol. The highest BCUT2D eigenvalue weighted by Gasteiger charge is 2.21. The summed E-state index contributed by atoms with van der Waals surface area (Å²) in [5, 5.41) is 14.5. The van der Waals surface area contributed by atoms with Gasteiger partial charge in [-0.15, -0.1) is 0 Å². The second-order valence-electron chi connectivity index (χ2n) is 7.52. The van der Waals surface area contributed by atoms with Gasteiger partial charge in [-0.25, -0.2) is 13.5 Å². The van der Waals surface area contributed by atoms with E-state index in [-0.39, 0.29) is 11.4 Å². The van der Waals surface area contributed by atoms with Crippen molar-refractivity contribution >= 4 is 11.9 Å². The minimum atomic E-state index is -1.15. The number of rotatable bonds is 7. The topological polar surface area (TPSA) is 104 Å². The molecule has 4 rings (SSSR count). The molecule has 4 aromatic rings. The van der Waals surface area contributed by atoms with Crippen molar-refractivity contribution in [2.24, 2.45) is 0 Å². The Morgan fingerprint density at radius 3 is 2.24 bits per heavy atom. The molecular weight excluding hydrogens is 444 g/mol. The number of carboxylic acids is 1. The highest BCUT2D eigenvalue weighted by atomic mass is 19.1. The van der Waals surface area contributed by atoms with E-state index in [4.69, 9.17) is 0 Å². The van der Waals surface area contributed by atoms with Gasteiger partial charge < -0.3 is 10.4 Å². The number of halogens is 2. The van der Waals surface area contributed by atoms with Crippen LogP contribution in [0.15, 0.2) is 83.7 Å². The van der Waals surface area contributed by atoms with E-state index >= 15 is 0 Å². The molecule has 0 saturated heterocycles. The molecule has 0 spiro atoms. The number of nitrogens with zero attached hydrogens (tertiary/aromatic N) is 1. The number of aliphatic carboxylic acids is 1. The Kier molecular flexibility index (Phi) is 6.35. The molecule has 1 amide bonds. The van der Waals surface area contributed by atoms with Gasteiger partial charge in [-0.2, -0.15) is 0 Å². The number of aromatic amines is 1. The van der Waals surface area contributed by atoms with Gasteiger partial charge >= 0.3 is 5.97 Å². The van der Waals surface area contributed by atoms with Gasteiger partial charge in [-0.1, -0.05) is 54.6 Å². The molecule has 0 aliphatic carbocycles. The molecule has 172 valence electrons. The molecule has 1 heterocycles. The standard InChI is InChI=1S/C25H19F2N3O4/c26-18-6-2-1-5-17(18)15-9-11-16(12-10-15)20(14-24(32)33)28-25(34)21-13-23(31)30(29-21)22-8-4-3-7-19(22)27/h1-13,20,29H,14H2,(H,28,34)(H,32,33). The van der Waals surface area contributed by atoms with Crippen LogP contribution in [0.3, 0.4) is 0 Å². The predicted octanol–water partition coefficient (Wildman–Crippen LogP) is 4.06. The molecule has 34 heavy (non-hydrogen) atoms. The maximum Gasteiger partial charge on any atom is 0.305 e. The van der Waals surface area contributed by atoms with Crippen LogP contribution < -0.4 is 10.9 Å². The molecule has 0 radical (unpaired) electrons. The summed E-state index contributed by atoms with van der Waals surface area (Å²) in [5.41, 5.74) is 0.587. The Labute approximate surface area is 192 Å². The summed E-state index contributed by atoms with van der Waals surface area (Å²) in [6.07, 6.45) is -0.428. The first kappa shape index (κ1) is 22.7. The molecule has 0 fully saturated rings. The van der Waals surface area contributed by atoms with Crippen LogP contribution >= 0.6 is 0 Å². The van der Waals surface area contributed by atoms with Crippen molar-refractivity contribution in [2.45, 2.75) is 12.5 Å². The van der Waals surface area contributed by atoms with Crippen molar-refractivity contribution in [1.29, 1.82) is 0 Å². The van der Waals surface area contributed by atoms with E-state index in [2.05, 4.69) is 10.4 Å². The second-order valence-corrected chi connectivity index (χ2v) is 7.52. The lowest BCUT2D eigenvalue weighted by atomic mass is 9.98. The van der Waals surface area contributed by atoms with Gasteiger partial charge in [0.2, 0.25) is 0 Å². The van der Waals surface area contributed by atoms with E-state index in [1.165, 1.54) is 24.3 Å². The smallest absolute Gasteiger partial charge is 0.305 e. The molecule has 0 bridgehead atoms. The Bertz CT molecular complexity index is 1410. The van der Waals surface area contributed by atoms with Gasteiger partial charge in [-0.05, 0) is 29.3 Å². The number of hydrogen-bond acceptors (Lipinski definition) is 3. The number of hydrogen-bond donors (Lipinski definition) is 3. The van der Waals surface area contributed by atoms with Crippen LogP contribution in [0.2, 0.25) is 0 Å². The summed E-state index contributed by atoms with van der Waals surface area (Å²) >= 11 is 0. The van der Waals surface area contributed by atoms with Gasteiger partial charge in [0.05, 0.1) is 12.5 Å². The second kappa shape index (κ2) is 9.53. The quantitative estimate of drug-likeness (QED) is 0.385. The van der Waals surface area contributed by atoms with Gasteiger partial charge in [0, 0.05) is 11.6 Å². The zero-order valence-electron chi connectivity index (χ0n) is 17.7. The van der Waals surface area contributed by atoms with E-state index in [0.717, 1.165) is 10.7 Å². The van der Waals surface area contributed by atoms with E-state index < -0.39 is 41.5 Å². The summed E-state index contributed by atoms with van der Waals surface area (Å²) in [7, 11) is 0. The van der Waals surface area contributed by atoms with Crippen molar-refractivity contribution in [3.05, 3.63) is 112 Å². The third kappa shape index (κ3) is 4.78.